The number of aliphatic carboxylic acids is 1. The molecule has 2 aliphatic rings. The molecule has 0 saturated carbocycles. The minimum atomic E-state index is -1.09. The minimum Gasteiger partial charge on any atom is -0.480 e. The first-order chi connectivity index (χ1) is 11.8. The van der Waals surface area contributed by atoms with Gasteiger partial charge < -0.3 is 20.2 Å². The zero-order valence-corrected chi connectivity index (χ0v) is 14.1. The molecule has 9 nitrogen and oxygen atoms in total. The topological polar surface area (TPSA) is 114 Å². The highest BCUT2D eigenvalue weighted by atomic mass is 16.4. The quantitative estimate of drug-likeness (QED) is 0.728. The van der Waals surface area contributed by atoms with Gasteiger partial charge in [-0.1, -0.05) is 6.07 Å². The maximum Gasteiger partial charge on any atom is 0.325 e. The number of urea groups is 1. The molecule has 2 atom stereocenters. The van der Waals surface area contributed by atoms with E-state index < -0.39 is 36.7 Å². The third-order valence-corrected chi connectivity index (χ3v) is 4.43. The van der Waals surface area contributed by atoms with Crippen LogP contribution >= 0.6 is 0 Å². The van der Waals surface area contributed by atoms with E-state index in [0.29, 0.717) is 0 Å². The van der Waals surface area contributed by atoms with Crippen LogP contribution in [0.4, 0.5) is 10.5 Å². The Morgan fingerprint density at radius 2 is 2.04 bits per heavy atom. The first-order valence-corrected chi connectivity index (χ1v) is 7.76. The number of fused-ring (bicyclic) bond motifs is 1. The lowest BCUT2D eigenvalue weighted by atomic mass is 10.1. The number of rotatable bonds is 3. The van der Waals surface area contributed by atoms with Gasteiger partial charge in [0.2, 0.25) is 5.96 Å². The van der Waals surface area contributed by atoms with Crippen LogP contribution < -0.4 is 10.6 Å². The fraction of sp³-hybridized carbons (Fsp3) is 0.375. The van der Waals surface area contributed by atoms with Gasteiger partial charge in [-0.3, -0.25) is 14.9 Å². The minimum absolute atomic E-state index is 0.248. The van der Waals surface area contributed by atoms with Crippen molar-refractivity contribution in [3.05, 3.63) is 29.3 Å². The van der Waals surface area contributed by atoms with Gasteiger partial charge in [0.25, 0.3) is 5.91 Å². The number of nitrogens with one attached hydrogen (secondary N) is 2. The number of imide groups is 1. The van der Waals surface area contributed by atoms with E-state index in [2.05, 4.69) is 15.6 Å². The average molecular weight is 345 g/mol. The lowest BCUT2D eigenvalue weighted by molar-refractivity contribution is -0.138. The maximum atomic E-state index is 12.2. The number of amides is 3. The van der Waals surface area contributed by atoms with Crippen LogP contribution in [0, 0.1) is 13.8 Å². The standard InChI is InChI=1S/C16H19N5O4/c1-8-4-5-10(6-9(8)2)17-15-18-13-12(21(15)7-11(22)23)14(24)19-16(25)20(13)3/h4-6,12-13H,7H2,1-3H3,(H,17,18)(H,22,23)(H,19,24,25). The third-order valence-electron chi connectivity index (χ3n) is 4.43. The molecule has 1 aromatic rings. The molecule has 0 radical (unpaired) electrons. The van der Waals surface area contributed by atoms with Crippen LogP contribution in [-0.4, -0.2) is 64.6 Å². The molecular formula is C16H19N5O4. The molecule has 0 aliphatic carbocycles. The van der Waals surface area contributed by atoms with E-state index in [0.717, 1.165) is 16.8 Å². The highest BCUT2D eigenvalue weighted by Gasteiger charge is 2.49. The molecule has 2 heterocycles. The molecule has 3 rings (SSSR count). The van der Waals surface area contributed by atoms with Gasteiger partial charge in [-0.25, -0.2) is 9.79 Å². The van der Waals surface area contributed by atoms with Crippen molar-refractivity contribution in [2.75, 3.05) is 18.9 Å². The lowest BCUT2D eigenvalue weighted by Gasteiger charge is -2.35. The van der Waals surface area contributed by atoms with E-state index in [-0.39, 0.29) is 5.96 Å². The van der Waals surface area contributed by atoms with Gasteiger partial charge in [0.15, 0.2) is 12.2 Å². The van der Waals surface area contributed by atoms with Gasteiger partial charge in [-0.05, 0) is 37.1 Å². The summed E-state index contributed by atoms with van der Waals surface area (Å²) in [5, 5.41) is 14.5. The van der Waals surface area contributed by atoms with E-state index in [9.17, 15) is 19.5 Å². The van der Waals surface area contributed by atoms with Crippen molar-refractivity contribution >= 4 is 29.6 Å². The summed E-state index contributed by atoms with van der Waals surface area (Å²) in [5.41, 5.74) is 2.92. The van der Waals surface area contributed by atoms with Gasteiger partial charge in [0.05, 0.1) is 0 Å². The Balaban J connectivity index is 1.94. The Morgan fingerprint density at radius 1 is 1.32 bits per heavy atom. The van der Waals surface area contributed by atoms with Gasteiger partial charge >= 0.3 is 12.0 Å². The number of hydrogen-bond acceptors (Lipinski definition) is 6. The highest BCUT2D eigenvalue weighted by Crippen LogP contribution is 2.25. The predicted octanol–water partition coefficient (Wildman–Crippen LogP) is 0.348. The van der Waals surface area contributed by atoms with E-state index in [1.54, 1.807) is 0 Å². The molecule has 1 aromatic carbocycles. The summed E-state index contributed by atoms with van der Waals surface area (Å²) < 4.78 is 0. The molecule has 0 bridgehead atoms. The van der Waals surface area contributed by atoms with E-state index >= 15 is 0 Å². The van der Waals surface area contributed by atoms with Gasteiger partial charge in [0, 0.05) is 12.7 Å². The van der Waals surface area contributed by atoms with Crippen LogP contribution in [0.5, 0.6) is 0 Å². The molecule has 1 saturated heterocycles. The second-order valence-corrected chi connectivity index (χ2v) is 6.16. The first-order valence-electron chi connectivity index (χ1n) is 7.76. The molecule has 0 aromatic heterocycles. The van der Waals surface area contributed by atoms with Crippen molar-refractivity contribution < 1.29 is 19.5 Å². The lowest BCUT2D eigenvalue weighted by Crippen LogP contribution is -2.64. The molecule has 3 amide bonds. The number of aryl methyl sites for hydroxylation is 2. The number of carbonyl (C=O) groups excluding carboxylic acids is 2. The molecule has 3 N–H and O–H groups in total. The molecule has 132 valence electrons. The highest BCUT2D eigenvalue weighted by molar-refractivity contribution is 6.06. The maximum absolute atomic E-state index is 12.2. The predicted molar refractivity (Wildman–Crippen MR) is 90.2 cm³/mol. The van der Waals surface area contributed by atoms with Crippen molar-refractivity contribution in [3.8, 4) is 0 Å². The third kappa shape index (κ3) is 3.00. The summed E-state index contributed by atoms with van der Waals surface area (Å²) in [7, 11) is 1.51. The van der Waals surface area contributed by atoms with Crippen LogP contribution in [0.15, 0.2) is 23.2 Å². The number of aliphatic imine (C=N–C) groups is 1. The number of likely N-dealkylation sites (N-methyl/N-ethyl adjacent to an activating group) is 1. The van der Waals surface area contributed by atoms with Crippen LogP contribution in [0.3, 0.4) is 0 Å². The summed E-state index contributed by atoms with van der Waals surface area (Å²) in [6, 6.07) is 4.25. The Morgan fingerprint density at radius 3 is 2.68 bits per heavy atom. The van der Waals surface area contributed by atoms with E-state index in [1.165, 1.54) is 16.8 Å². The van der Waals surface area contributed by atoms with Crippen LogP contribution in [0.25, 0.3) is 0 Å². The fourth-order valence-corrected chi connectivity index (χ4v) is 2.90. The van der Waals surface area contributed by atoms with Crippen molar-refractivity contribution in [3.63, 3.8) is 0 Å². The summed E-state index contributed by atoms with van der Waals surface area (Å²) in [5.74, 6) is -1.41. The molecule has 1 fully saturated rings. The number of anilines is 1. The Hall–Kier alpha value is -3.10. The summed E-state index contributed by atoms with van der Waals surface area (Å²) in [6.07, 6.45) is -0.769. The molecule has 9 heteroatoms. The van der Waals surface area contributed by atoms with Crippen molar-refractivity contribution in [1.29, 1.82) is 0 Å². The summed E-state index contributed by atoms with van der Waals surface area (Å²) in [4.78, 5) is 42.3. The van der Waals surface area contributed by atoms with Gasteiger partial charge in [-0.15, -0.1) is 0 Å². The van der Waals surface area contributed by atoms with Crippen LogP contribution in [0.2, 0.25) is 0 Å². The number of carboxylic acids is 1. The number of carbonyl (C=O) groups is 3. The SMILES string of the molecule is Cc1ccc(NC2=NC3C(C(=O)NC(=O)N3C)N2CC(=O)O)cc1C. The number of carboxylic acid groups (broad SMARTS) is 1. The second kappa shape index (κ2) is 6.08. The fourth-order valence-electron chi connectivity index (χ4n) is 2.90. The monoisotopic (exact) mass is 345 g/mol. The second-order valence-electron chi connectivity index (χ2n) is 6.16. The van der Waals surface area contributed by atoms with Gasteiger partial charge in [0.1, 0.15) is 6.54 Å². The summed E-state index contributed by atoms with van der Waals surface area (Å²) >= 11 is 0. The zero-order chi connectivity index (χ0) is 18.3. The molecule has 25 heavy (non-hydrogen) atoms. The number of nitrogens with zero attached hydrogens (tertiary/aromatic N) is 3. The largest absolute Gasteiger partial charge is 0.480 e. The first kappa shape index (κ1) is 16.7. The normalized spacial score (nSPS) is 22.4. The smallest absolute Gasteiger partial charge is 0.325 e. The van der Waals surface area contributed by atoms with E-state index in [4.69, 9.17) is 0 Å². The Labute approximate surface area is 144 Å². The molecular weight excluding hydrogens is 326 g/mol. The van der Waals surface area contributed by atoms with Crippen molar-refractivity contribution in [2.45, 2.75) is 26.1 Å². The number of benzene rings is 1. The number of guanidine groups is 1. The van der Waals surface area contributed by atoms with Crippen molar-refractivity contribution in [1.82, 2.24) is 15.1 Å². The van der Waals surface area contributed by atoms with Crippen LogP contribution in [-0.2, 0) is 9.59 Å². The van der Waals surface area contributed by atoms with Crippen molar-refractivity contribution in [2.24, 2.45) is 4.99 Å². The number of hydrogen-bond donors (Lipinski definition) is 3. The zero-order valence-electron chi connectivity index (χ0n) is 14.1. The summed E-state index contributed by atoms with van der Waals surface area (Å²) in [6.45, 7) is 3.54. The van der Waals surface area contributed by atoms with E-state index in [1.807, 2.05) is 32.0 Å². The average Bonchev–Trinajstić information content (AvgIpc) is 2.87. The Bertz CT molecular complexity index is 791. The van der Waals surface area contributed by atoms with Gasteiger partial charge in [-0.2, -0.15) is 0 Å². The molecule has 2 unspecified atom stereocenters. The molecule has 2 aliphatic heterocycles. The van der Waals surface area contributed by atoms with Crippen LogP contribution in [0.1, 0.15) is 11.1 Å². The Kier molecular flexibility index (Phi) is 4.07. The molecule has 0 spiro atoms.